The van der Waals surface area contributed by atoms with Gasteiger partial charge in [-0.2, -0.15) is 5.10 Å². The van der Waals surface area contributed by atoms with Crippen molar-refractivity contribution >= 4 is 22.7 Å². The molecule has 8 nitrogen and oxygen atoms in total. The van der Waals surface area contributed by atoms with Crippen molar-refractivity contribution in [3.8, 4) is 0 Å². The molecule has 0 spiro atoms. The topological polar surface area (TPSA) is 72.7 Å². The molecule has 2 saturated heterocycles. The molecule has 2 aromatic rings. The van der Waals surface area contributed by atoms with Crippen LogP contribution >= 0.6 is 0 Å². The van der Waals surface area contributed by atoms with E-state index in [-0.39, 0.29) is 5.97 Å². The lowest BCUT2D eigenvalue weighted by atomic mass is 9.82. The van der Waals surface area contributed by atoms with Gasteiger partial charge >= 0.3 is 5.97 Å². The van der Waals surface area contributed by atoms with Crippen molar-refractivity contribution in [2.75, 3.05) is 51.4 Å². The monoisotopic (exact) mass is 481 g/mol. The number of esters is 1. The van der Waals surface area contributed by atoms with Crippen LogP contribution in [-0.4, -0.2) is 78.2 Å². The van der Waals surface area contributed by atoms with Crippen LogP contribution in [0.4, 0.5) is 5.69 Å². The molecule has 2 aliphatic carbocycles. The number of anilines is 1. The van der Waals surface area contributed by atoms with Crippen molar-refractivity contribution in [1.29, 1.82) is 0 Å². The van der Waals surface area contributed by atoms with E-state index in [1.807, 2.05) is 6.07 Å². The van der Waals surface area contributed by atoms with Gasteiger partial charge in [0.25, 0.3) is 0 Å². The Balaban J connectivity index is 1.39. The van der Waals surface area contributed by atoms with Crippen LogP contribution in [0.3, 0.4) is 0 Å². The van der Waals surface area contributed by atoms with Gasteiger partial charge in [0, 0.05) is 38.1 Å². The van der Waals surface area contributed by atoms with E-state index in [1.54, 1.807) is 0 Å². The molecule has 0 N–H and O–H groups in total. The summed E-state index contributed by atoms with van der Waals surface area (Å²) >= 11 is 0. The molecule has 8 heteroatoms. The minimum atomic E-state index is -0.363. The minimum absolute atomic E-state index is 0.363. The maximum Gasteiger partial charge on any atom is 0.356 e. The Labute approximate surface area is 207 Å². The van der Waals surface area contributed by atoms with Gasteiger partial charge in [0.1, 0.15) is 0 Å². The number of methoxy groups -OCH3 is 1. The van der Waals surface area contributed by atoms with E-state index in [1.165, 1.54) is 56.7 Å². The molecule has 0 radical (unpaired) electrons. The maximum absolute atomic E-state index is 12.7. The Hall–Kier alpha value is -2.19. The number of hydrogen-bond acceptors (Lipinski definition) is 7. The van der Waals surface area contributed by atoms with Crippen LogP contribution in [0, 0.1) is 0 Å². The highest BCUT2D eigenvalue weighted by Gasteiger charge is 2.33. The molecule has 0 bridgehead atoms. The fourth-order valence-electron chi connectivity index (χ4n) is 6.56. The van der Waals surface area contributed by atoms with Gasteiger partial charge in [-0.1, -0.05) is 25.7 Å². The molecular weight excluding hydrogens is 442 g/mol. The number of ether oxygens (including phenoxy) is 2. The molecule has 0 amide bonds. The van der Waals surface area contributed by atoms with Crippen LogP contribution in [0.15, 0.2) is 6.07 Å². The second-order valence-corrected chi connectivity index (χ2v) is 10.8. The van der Waals surface area contributed by atoms with E-state index in [2.05, 4.69) is 14.5 Å². The first kappa shape index (κ1) is 23.2. The van der Waals surface area contributed by atoms with Crippen LogP contribution in [0.1, 0.15) is 92.4 Å². The fraction of sp³-hybridized carbons (Fsp3) is 0.741. The highest BCUT2D eigenvalue weighted by Crippen LogP contribution is 2.44. The zero-order valence-corrected chi connectivity index (χ0v) is 21.1. The lowest BCUT2D eigenvalue weighted by Gasteiger charge is -2.41. The van der Waals surface area contributed by atoms with Gasteiger partial charge in [0.15, 0.2) is 11.3 Å². The van der Waals surface area contributed by atoms with E-state index in [0.717, 1.165) is 76.4 Å². The van der Waals surface area contributed by atoms with Crippen LogP contribution in [0.25, 0.3) is 11.0 Å². The number of carbonyl (C=O) groups is 1. The first-order chi connectivity index (χ1) is 17.2. The van der Waals surface area contributed by atoms with E-state index in [9.17, 15) is 4.79 Å². The van der Waals surface area contributed by atoms with E-state index in [4.69, 9.17) is 19.6 Å². The van der Waals surface area contributed by atoms with Crippen LogP contribution < -0.4 is 4.90 Å². The summed E-state index contributed by atoms with van der Waals surface area (Å²) in [5.41, 5.74) is 3.65. The molecule has 4 fully saturated rings. The Bertz CT molecular complexity index is 1040. The number of fused-ring (bicyclic) bond motifs is 1. The van der Waals surface area contributed by atoms with E-state index < -0.39 is 0 Å². The smallest absolute Gasteiger partial charge is 0.356 e. The number of rotatable bonds is 5. The number of nitrogens with zero attached hydrogens (tertiary/aromatic N) is 5. The SMILES string of the molecule is COC(=O)c1cc(N2CCC(N3CCOCC3)CC2)c2c(C3CCC3)nn(C3CCCCC3)c2n1. The third-order valence-electron chi connectivity index (χ3n) is 8.84. The summed E-state index contributed by atoms with van der Waals surface area (Å²) in [7, 11) is 1.44. The zero-order chi connectivity index (χ0) is 23.8. The van der Waals surface area contributed by atoms with Gasteiger partial charge in [-0.05, 0) is 44.6 Å². The van der Waals surface area contributed by atoms with E-state index in [0.29, 0.717) is 23.7 Å². The number of morpholine rings is 1. The second kappa shape index (κ2) is 10.1. The van der Waals surface area contributed by atoms with Crippen molar-refractivity contribution in [3.05, 3.63) is 17.5 Å². The number of hydrogen-bond donors (Lipinski definition) is 0. The highest BCUT2D eigenvalue weighted by molar-refractivity contribution is 5.98. The summed E-state index contributed by atoms with van der Waals surface area (Å²) in [5, 5.41) is 6.45. The molecule has 190 valence electrons. The quantitative estimate of drug-likeness (QED) is 0.590. The minimum Gasteiger partial charge on any atom is -0.464 e. The van der Waals surface area contributed by atoms with Crippen LogP contribution in [0.2, 0.25) is 0 Å². The van der Waals surface area contributed by atoms with Crippen molar-refractivity contribution in [3.63, 3.8) is 0 Å². The molecule has 0 unspecified atom stereocenters. The van der Waals surface area contributed by atoms with Crippen molar-refractivity contribution in [2.45, 2.75) is 82.2 Å². The number of aromatic nitrogens is 3. The van der Waals surface area contributed by atoms with Gasteiger partial charge in [-0.25, -0.2) is 14.5 Å². The first-order valence-corrected chi connectivity index (χ1v) is 13.8. The summed E-state index contributed by atoms with van der Waals surface area (Å²) < 4.78 is 12.9. The molecule has 2 aromatic heterocycles. The molecule has 0 aromatic carbocycles. The average Bonchev–Trinajstić information content (AvgIpc) is 3.27. The van der Waals surface area contributed by atoms with E-state index >= 15 is 0 Å². The molecule has 2 aliphatic heterocycles. The Morgan fingerprint density at radius 1 is 0.943 bits per heavy atom. The third kappa shape index (κ3) is 4.44. The van der Waals surface area contributed by atoms with Gasteiger partial charge in [-0.3, -0.25) is 4.90 Å². The fourth-order valence-corrected chi connectivity index (χ4v) is 6.56. The van der Waals surface area contributed by atoms with Crippen LogP contribution in [0.5, 0.6) is 0 Å². The normalized spacial score (nSPS) is 23.5. The van der Waals surface area contributed by atoms with Crippen molar-refractivity contribution < 1.29 is 14.3 Å². The molecule has 6 rings (SSSR count). The second-order valence-electron chi connectivity index (χ2n) is 10.8. The predicted octanol–water partition coefficient (Wildman–Crippen LogP) is 4.29. The third-order valence-corrected chi connectivity index (χ3v) is 8.84. The maximum atomic E-state index is 12.7. The molecule has 4 aliphatic rings. The lowest BCUT2D eigenvalue weighted by molar-refractivity contribution is 0.0115. The molecular formula is C27H39N5O3. The predicted molar refractivity (Wildman–Crippen MR) is 135 cm³/mol. The molecule has 35 heavy (non-hydrogen) atoms. The zero-order valence-electron chi connectivity index (χ0n) is 21.1. The first-order valence-electron chi connectivity index (χ1n) is 13.8. The standard InChI is InChI=1S/C27H39N5O3/c1-34-27(33)22-18-23(31-12-10-20(11-13-31)30-14-16-35-17-15-30)24-25(19-6-5-7-19)29-32(26(24)28-22)21-8-3-2-4-9-21/h18-21H,2-17H2,1H3. The van der Waals surface area contributed by atoms with Gasteiger partial charge in [0.05, 0.1) is 43.1 Å². The molecule has 0 atom stereocenters. The Morgan fingerprint density at radius 3 is 2.34 bits per heavy atom. The summed E-state index contributed by atoms with van der Waals surface area (Å²) in [5.74, 6) is 0.149. The number of piperidine rings is 1. The summed E-state index contributed by atoms with van der Waals surface area (Å²) in [6.07, 6.45) is 12.0. The van der Waals surface area contributed by atoms with Crippen LogP contribution in [-0.2, 0) is 9.47 Å². The number of carbonyl (C=O) groups excluding carboxylic acids is 1. The largest absolute Gasteiger partial charge is 0.464 e. The summed E-state index contributed by atoms with van der Waals surface area (Å²) in [6.45, 7) is 5.74. The lowest BCUT2D eigenvalue weighted by Crippen LogP contribution is -2.49. The highest BCUT2D eigenvalue weighted by atomic mass is 16.5. The Kier molecular flexibility index (Phi) is 6.67. The molecule has 4 heterocycles. The number of pyridine rings is 1. The van der Waals surface area contributed by atoms with Crippen molar-refractivity contribution in [2.24, 2.45) is 0 Å². The van der Waals surface area contributed by atoms with Gasteiger partial charge < -0.3 is 14.4 Å². The van der Waals surface area contributed by atoms with Crippen molar-refractivity contribution in [1.82, 2.24) is 19.7 Å². The van der Waals surface area contributed by atoms with Gasteiger partial charge in [0.2, 0.25) is 0 Å². The summed E-state index contributed by atoms with van der Waals surface area (Å²) in [4.78, 5) is 22.7. The Morgan fingerprint density at radius 2 is 1.69 bits per heavy atom. The molecule has 2 saturated carbocycles. The summed E-state index contributed by atoms with van der Waals surface area (Å²) in [6, 6.07) is 2.97. The average molecular weight is 482 g/mol. The van der Waals surface area contributed by atoms with Gasteiger partial charge in [-0.15, -0.1) is 0 Å².